The Morgan fingerprint density at radius 1 is 1.00 bits per heavy atom. The molecule has 17 heteroatoms. The third-order valence-electron chi connectivity index (χ3n) is 4.05. The summed E-state index contributed by atoms with van der Waals surface area (Å²) in [4.78, 5) is 31.4. The number of nitro groups is 2. The maximum atomic E-state index is 11.1. The first-order valence-corrected chi connectivity index (χ1v) is 11.8. The summed E-state index contributed by atoms with van der Waals surface area (Å²) in [6.45, 7) is 1.55. The summed E-state index contributed by atoms with van der Waals surface area (Å²) < 4.78 is 40.2. The second-order valence-electron chi connectivity index (χ2n) is 6.58. The molecule has 2 N–H and O–H groups in total. The van der Waals surface area contributed by atoms with Gasteiger partial charge >= 0.3 is 0 Å². The van der Waals surface area contributed by atoms with E-state index in [9.17, 15) is 34.8 Å². The molecule has 0 spiro atoms. The SMILES string of the molecule is COP(=O)([O-])OCC(O)OCCOCCOCCOCCCNc1ccc([N+](=O)[O-])cc1[N+](=O)[O-]. The predicted octanol–water partition coefficient (Wildman–Crippen LogP) is 0.821. The second-order valence-corrected chi connectivity index (χ2v) is 8.10. The van der Waals surface area contributed by atoms with Crippen LogP contribution >= 0.6 is 7.82 Å². The lowest BCUT2D eigenvalue weighted by Crippen LogP contribution is -2.23. The summed E-state index contributed by atoms with van der Waals surface area (Å²) in [6.07, 6.45) is -0.893. The highest BCUT2D eigenvalue weighted by atomic mass is 31.2. The van der Waals surface area contributed by atoms with Crippen LogP contribution in [-0.4, -0.2) is 87.8 Å². The summed E-state index contributed by atoms with van der Waals surface area (Å²) in [6, 6.07) is 3.40. The molecule has 200 valence electrons. The smallest absolute Gasteiger partial charge is 0.299 e. The van der Waals surface area contributed by atoms with E-state index < -0.39 is 30.6 Å². The first-order valence-electron chi connectivity index (χ1n) is 10.4. The van der Waals surface area contributed by atoms with E-state index in [1.807, 2.05) is 0 Å². The zero-order valence-electron chi connectivity index (χ0n) is 19.1. The molecule has 0 radical (unpaired) electrons. The van der Waals surface area contributed by atoms with Crippen LogP contribution in [0.15, 0.2) is 18.2 Å². The molecular weight excluding hydrogens is 497 g/mol. The highest BCUT2D eigenvalue weighted by molar-refractivity contribution is 7.45. The van der Waals surface area contributed by atoms with Gasteiger partial charge in [-0.15, -0.1) is 0 Å². The minimum Gasteiger partial charge on any atom is -0.756 e. The van der Waals surface area contributed by atoms with Gasteiger partial charge in [0, 0.05) is 26.3 Å². The normalized spacial score (nSPS) is 13.8. The number of aliphatic hydroxyl groups excluding tert-OH is 1. The largest absolute Gasteiger partial charge is 0.756 e. The van der Waals surface area contributed by atoms with Crippen LogP contribution in [0.3, 0.4) is 0 Å². The van der Waals surface area contributed by atoms with Crippen molar-refractivity contribution in [1.29, 1.82) is 0 Å². The molecule has 0 fully saturated rings. The first-order chi connectivity index (χ1) is 16.7. The summed E-state index contributed by atoms with van der Waals surface area (Å²) >= 11 is 0. The molecule has 16 nitrogen and oxygen atoms in total. The van der Waals surface area contributed by atoms with Crippen molar-refractivity contribution in [3.05, 3.63) is 38.4 Å². The van der Waals surface area contributed by atoms with E-state index in [0.717, 1.165) is 13.2 Å². The van der Waals surface area contributed by atoms with E-state index in [1.54, 1.807) is 0 Å². The Morgan fingerprint density at radius 3 is 2.17 bits per heavy atom. The van der Waals surface area contributed by atoms with Crippen molar-refractivity contribution in [1.82, 2.24) is 0 Å². The van der Waals surface area contributed by atoms with Crippen molar-refractivity contribution in [2.45, 2.75) is 12.7 Å². The Kier molecular flexibility index (Phi) is 15.1. The van der Waals surface area contributed by atoms with Gasteiger partial charge in [0.15, 0.2) is 6.29 Å². The predicted molar refractivity (Wildman–Crippen MR) is 118 cm³/mol. The molecule has 0 aliphatic rings. The molecule has 0 saturated heterocycles. The fraction of sp³-hybridized carbons (Fsp3) is 0.667. The first kappa shape index (κ1) is 30.8. The van der Waals surface area contributed by atoms with Crippen LogP contribution in [0.2, 0.25) is 0 Å². The number of phosphoric ester groups is 1. The molecule has 0 heterocycles. The lowest BCUT2D eigenvalue weighted by molar-refractivity contribution is -0.393. The van der Waals surface area contributed by atoms with Crippen molar-refractivity contribution >= 4 is 24.9 Å². The zero-order valence-corrected chi connectivity index (χ0v) is 20.0. The van der Waals surface area contributed by atoms with Crippen molar-refractivity contribution in [2.75, 3.05) is 71.8 Å². The lowest BCUT2D eigenvalue weighted by atomic mass is 10.2. The second kappa shape index (κ2) is 17.2. The third-order valence-corrected chi connectivity index (χ3v) is 4.96. The molecule has 0 bridgehead atoms. The van der Waals surface area contributed by atoms with Gasteiger partial charge in [0.2, 0.25) is 0 Å². The average Bonchev–Trinajstić information content (AvgIpc) is 2.82. The van der Waals surface area contributed by atoms with Crippen LogP contribution in [0.5, 0.6) is 0 Å². The lowest BCUT2D eigenvalue weighted by Gasteiger charge is -2.21. The number of hydrogen-bond acceptors (Lipinski definition) is 14. The number of ether oxygens (including phenoxy) is 4. The van der Waals surface area contributed by atoms with E-state index in [-0.39, 0.29) is 36.9 Å². The topological polar surface area (TPSA) is 214 Å². The Labute approximate surface area is 200 Å². The highest BCUT2D eigenvalue weighted by Crippen LogP contribution is 2.36. The molecule has 1 aromatic carbocycles. The molecule has 1 rings (SSSR count). The van der Waals surface area contributed by atoms with Gasteiger partial charge in [-0.3, -0.25) is 24.8 Å². The number of nitrogens with one attached hydrogen (secondary N) is 1. The number of benzene rings is 1. The quantitative estimate of drug-likeness (QED) is 0.0746. The molecule has 0 saturated carbocycles. The molecule has 0 aliphatic carbocycles. The summed E-state index contributed by atoms with van der Waals surface area (Å²) in [5.74, 6) is 0. The van der Waals surface area contributed by atoms with Gasteiger partial charge in [-0.2, -0.15) is 0 Å². The molecule has 1 aromatic rings. The Morgan fingerprint density at radius 2 is 1.60 bits per heavy atom. The van der Waals surface area contributed by atoms with Crippen molar-refractivity contribution in [3.8, 4) is 0 Å². The Hall–Kier alpha value is -2.27. The van der Waals surface area contributed by atoms with Gasteiger partial charge in [-0.05, 0) is 12.5 Å². The van der Waals surface area contributed by atoms with E-state index in [2.05, 4.69) is 14.4 Å². The number of non-ortho nitro benzene ring substituents is 1. The number of rotatable bonds is 21. The summed E-state index contributed by atoms with van der Waals surface area (Å²) in [7, 11) is -3.48. The Balaban J connectivity index is 1.98. The Bertz CT molecular complexity index is 829. The average molecular weight is 526 g/mol. The van der Waals surface area contributed by atoms with Gasteiger partial charge in [-0.25, -0.2) is 0 Å². The number of aliphatic hydroxyl groups is 1. The standard InChI is InChI=1S/C18H30N3O13P/c1-29-35(27,28)34-14-18(22)33-12-11-32-10-9-31-8-7-30-6-2-5-19-16-4-3-15(20(23)24)13-17(16)21(25)26/h3-4,13,18-19,22H,2,5-12,14H2,1H3,(H,27,28)/p-1. The monoisotopic (exact) mass is 526 g/mol. The van der Waals surface area contributed by atoms with Crippen LogP contribution in [-0.2, 0) is 32.6 Å². The molecule has 35 heavy (non-hydrogen) atoms. The fourth-order valence-electron chi connectivity index (χ4n) is 2.37. The van der Waals surface area contributed by atoms with Gasteiger partial charge in [0.25, 0.3) is 19.2 Å². The maximum Gasteiger partial charge on any atom is 0.299 e. The van der Waals surface area contributed by atoms with Crippen LogP contribution in [0.4, 0.5) is 17.1 Å². The van der Waals surface area contributed by atoms with E-state index in [4.69, 9.17) is 18.9 Å². The number of anilines is 1. The van der Waals surface area contributed by atoms with Gasteiger partial charge in [0.05, 0.1) is 55.6 Å². The summed E-state index contributed by atoms with van der Waals surface area (Å²) in [5, 5.41) is 34.1. The van der Waals surface area contributed by atoms with Crippen molar-refractivity contribution < 1.29 is 52.4 Å². The fourth-order valence-corrected chi connectivity index (χ4v) is 2.79. The minimum absolute atomic E-state index is 0.0147. The number of phosphoric acid groups is 1. The number of nitrogens with zero attached hydrogens (tertiary/aromatic N) is 2. The van der Waals surface area contributed by atoms with Gasteiger partial charge in [0.1, 0.15) is 12.3 Å². The number of nitro benzene ring substituents is 2. The van der Waals surface area contributed by atoms with Gasteiger partial charge < -0.3 is 43.3 Å². The molecule has 0 amide bonds. The number of hydrogen-bond donors (Lipinski definition) is 2. The van der Waals surface area contributed by atoms with E-state index in [1.165, 1.54) is 12.1 Å². The summed E-state index contributed by atoms with van der Waals surface area (Å²) in [5.41, 5.74) is -0.534. The van der Waals surface area contributed by atoms with Crippen LogP contribution < -0.4 is 10.2 Å². The third kappa shape index (κ3) is 14.0. The van der Waals surface area contributed by atoms with Crippen LogP contribution in [0.25, 0.3) is 0 Å². The van der Waals surface area contributed by atoms with Crippen LogP contribution in [0.1, 0.15) is 6.42 Å². The molecule has 0 aromatic heterocycles. The van der Waals surface area contributed by atoms with Crippen molar-refractivity contribution in [3.63, 3.8) is 0 Å². The molecule has 0 aliphatic heterocycles. The minimum atomic E-state index is -4.41. The molecular formula is C18H29N3O13P-. The maximum absolute atomic E-state index is 11.1. The van der Waals surface area contributed by atoms with E-state index >= 15 is 0 Å². The van der Waals surface area contributed by atoms with Crippen molar-refractivity contribution in [2.24, 2.45) is 0 Å². The molecule has 2 unspecified atom stereocenters. The van der Waals surface area contributed by atoms with Gasteiger partial charge in [-0.1, -0.05) is 0 Å². The highest BCUT2D eigenvalue weighted by Gasteiger charge is 2.19. The zero-order chi connectivity index (χ0) is 26.1. The van der Waals surface area contributed by atoms with E-state index in [0.29, 0.717) is 39.4 Å². The molecule has 2 atom stereocenters. The van der Waals surface area contributed by atoms with Crippen LogP contribution in [0, 0.1) is 20.2 Å².